The Bertz CT molecular complexity index is 624. The standard InChI is InChI=1S/C15H14ClF3N2/c1-21(9-10-8-12(20)4-7-14(10)16)13-5-2-11(3-6-13)15(17,18)19/h2-8H,9,20H2,1H3. The molecule has 6 heteroatoms. The molecule has 0 amide bonds. The number of hydrogen-bond donors (Lipinski definition) is 1. The summed E-state index contributed by atoms with van der Waals surface area (Å²) in [6, 6.07) is 10.1. The van der Waals surface area contributed by atoms with Gasteiger partial charge in [-0.3, -0.25) is 0 Å². The van der Waals surface area contributed by atoms with Gasteiger partial charge in [-0.05, 0) is 48.0 Å². The fraction of sp³-hybridized carbons (Fsp3) is 0.200. The van der Waals surface area contributed by atoms with Crippen molar-refractivity contribution < 1.29 is 13.2 Å². The first-order valence-electron chi connectivity index (χ1n) is 6.19. The number of hydrogen-bond acceptors (Lipinski definition) is 2. The third-order valence-corrected chi connectivity index (χ3v) is 3.48. The Balaban J connectivity index is 2.17. The van der Waals surface area contributed by atoms with Crippen molar-refractivity contribution in [2.24, 2.45) is 0 Å². The summed E-state index contributed by atoms with van der Waals surface area (Å²) < 4.78 is 37.6. The molecule has 0 spiro atoms. The van der Waals surface area contributed by atoms with Crippen LogP contribution in [0.1, 0.15) is 11.1 Å². The normalized spacial score (nSPS) is 11.5. The number of halogens is 4. The molecule has 2 aromatic carbocycles. The molecule has 0 unspecified atom stereocenters. The van der Waals surface area contributed by atoms with E-state index in [1.807, 2.05) is 0 Å². The van der Waals surface area contributed by atoms with Crippen molar-refractivity contribution in [3.05, 3.63) is 58.6 Å². The Kier molecular flexibility index (Phi) is 4.32. The summed E-state index contributed by atoms with van der Waals surface area (Å²) in [5.41, 5.74) is 7.12. The van der Waals surface area contributed by atoms with Crippen LogP contribution in [0.4, 0.5) is 24.5 Å². The van der Waals surface area contributed by atoms with Crippen LogP contribution in [-0.4, -0.2) is 7.05 Å². The molecule has 0 saturated carbocycles. The van der Waals surface area contributed by atoms with Crippen molar-refractivity contribution >= 4 is 23.0 Å². The van der Waals surface area contributed by atoms with Crippen molar-refractivity contribution in [2.45, 2.75) is 12.7 Å². The molecule has 2 N–H and O–H groups in total. The summed E-state index contributed by atoms with van der Waals surface area (Å²) in [7, 11) is 1.78. The monoisotopic (exact) mass is 314 g/mol. The van der Waals surface area contributed by atoms with E-state index < -0.39 is 11.7 Å². The van der Waals surface area contributed by atoms with Crippen LogP contribution in [-0.2, 0) is 12.7 Å². The highest BCUT2D eigenvalue weighted by molar-refractivity contribution is 6.31. The van der Waals surface area contributed by atoms with E-state index >= 15 is 0 Å². The molecule has 0 aliphatic heterocycles. The van der Waals surface area contributed by atoms with Crippen molar-refractivity contribution in [2.75, 3.05) is 17.7 Å². The summed E-state index contributed by atoms with van der Waals surface area (Å²) in [4.78, 5) is 1.81. The van der Waals surface area contributed by atoms with Crippen molar-refractivity contribution in [1.29, 1.82) is 0 Å². The van der Waals surface area contributed by atoms with Gasteiger partial charge < -0.3 is 10.6 Å². The second-order valence-corrected chi connectivity index (χ2v) is 5.16. The highest BCUT2D eigenvalue weighted by Crippen LogP contribution is 2.31. The van der Waals surface area contributed by atoms with Crippen molar-refractivity contribution in [3.8, 4) is 0 Å². The number of anilines is 2. The third kappa shape index (κ3) is 3.82. The van der Waals surface area contributed by atoms with E-state index in [-0.39, 0.29) is 0 Å². The zero-order valence-corrected chi connectivity index (χ0v) is 12.0. The zero-order chi connectivity index (χ0) is 15.6. The molecule has 0 aliphatic rings. The van der Waals surface area contributed by atoms with Crippen LogP contribution in [0.15, 0.2) is 42.5 Å². The maximum Gasteiger partial charge on any atom is 0.416 e. The Morgan fingerprint density at radius 3 is 2.29 bits per heavy atom. The SMILES string of the molecule is CN(Cc1cc(N)ccc1Cl)c1ccc(C(F)(F)F)cc1. The molecule has 2 rings (SSSR count). The third-order valence-electron chi connectivity index (χ3n) is 3.11. The first-order valence-corrected chi connectivity index (χ1v) is 6.57. The maximum atomic E-state index is 12.5. The number of nitrogens with zero attached hydrogens (tertiary/aromatic N) is 1. The summed E-state index contributed by atoms with van der Waals surface area (Å²) in [6.07, 6.45) is -4.33. The molecule has 0 atom stereocenters. The molecule has 0 saturated heterocycles. The lowest BCUT2D eigenvalue weighted by atomic mass is 10.1. The van der Waals surface area contributed by atoms with Gasteiger partial charge in [0.25, 0.3) is 0 Å². The minimum Gasteiger partial charge on any atom is -0.399 e. The van der Waals surface area contributed by atoms with Crippen LogP contribution in [0, 0.1) is 0 Å². The molecule has 0 radical (unpaired) electrons. The molecule has 112 valence electrons. The van der Waals surface area contributed by atoms with E-state index in [4.69, 9.17) is 17.3 Å². The van der Waals surface area contributed by atoms with Gasteiger partial charge in [0.2, 0.25) is 0 Å². The quantitative estimate of drug-likeness (QED) is 0.840. The van der Waals surface area contributed by atoms with Crippen LogP contribution in [0.2, 0.25) is 5.02 Å². The van der Waals surface area contributed by atoms with Gasteiger partial charge in [-0.1, -0.05) is 11.6 Å². The largest absolute Gasteiger partial charge is 0.416 e. The van der Waals surface area contributed by atoms with Crippen molar-refractivity contribution in [1.82, 2.24) is 0 Å². The van der Waals surface area contributed by atoms with Crippen LogP contribution in [0.5, 0.6) is 0 Å². The molecular formula is C15H14ClF3N2. The minimum absolute atomic E-state index is 0.454. The molecule has 21 heavy (non-hydrogen) atoms. The fourth-order valence-corrected chi connectivity index (χ4v) is 2.14. The molecule has 0 bridgehead atoms. The summed E-state index contributed by atoms with van der Waals surface area (Å²) in [5.74, 6) is 0. The van der Waals surface area contributed by atoms with Gasteiger partial charge in [0.05, 0.1) is 5.56 Å². The molecule has 0 fully saturated rings. The zero-order valence-electron chi connectivity index (χ0n) is 11.3. The Labute approximate surface area is 125 Å². The Morgan fingerprint density at radius 2 is 1.71 bits per heavy atom. The Hall–Kier alpha value is -1.88. The first kappa shape index (κ1) is 15.5. The van der Waals surface area contributed by atoms with Gasteiger partial charge in [-0.15, -0.1) is 0 Å². The van der Waals surface area contributed by atoms with Crippen LogP contribution in [0.3, 0.4) is 0 Å². The smallest absolute Gasteiger partial charge is 0.399 e. The Morgan fingerprint density at radius 1 is 1.10 bits per heavy atom. The van der Waals surface area contributed by atoms with E-state index in [1.54, 1.807) is 30.1 Å². The highest BCUT2D eigenvalue weighted by Gasteiger charge is 2.30. The van der Waals surface area contributed by atoms with E-state index in [1.165, 1.54) is 12.1 Å². The van der Waals surface area contributed by atoms with Crippen molar-refractivity contribution in [3.63, 3.8) is 0 Å². The van der Waals surface area contributed by atoms with Gasteiger partial charge >= 0.3 is 6.18 Å². The van der Waals surface area contributed by atoms with E-state index in [0.29, 0.717) is 22.9 Å². The maximum absolute atomic E-state index is 12.5. The molecule has 2 aromatic rings. The number of nitrogens with two attached hydrogens (primary N) is 1. The average Bonchev–Trinajstić information content (AvgIpc) is 2.42. The number of alkyl halides is 3. The van der Waals surface area contributed by atoms with Gasteiger partial charge in [0.1, 0.15) is 0 Å². The van der Waals surface area contributed by atoms with Crippen LogP contribution >= 0.6 is 11.6 Å². The number of benzene rings is 2. The second-order valence-electron chi connectivity index (χ2n) is 4.75. The summed E-state index contributed by atoms with van der Waals surface area (Å²) in [6.45, 7) is 0.454. The molecule has 0 heterocycles. The summed E-state index contributed by atoms with van der Waals surface area (Å²) in [5, 5.41) is 0.572. The minimum atomic E-state index is -4.33. The number of nitrogen functional groups attached to an aromatic ring is 1. The lowest BCUT2D eigenvalue weighted by Gasteiger charge is -2.21. The van der Waals surface area contributed by atoms with Crippen LogP contribution in [0.25, 0.3) is 0 Å². The molecule has 0 aromatic heterocycles. The van der Waals surface area contributed by atoms with Crippen LogP contribution < -0.4 is 10.6 Å². The highest BCUT2D eigenvalue weighted by atomic mass is 35.5. The lowest BCUT2D eigenvalue weighted by Crippen LogP contribution is -2.17. The molecule has 2 nitrogen and oxygen atoms in total. The molecular weight excluding hydrogens is 301 g/mol. The first-order chi connectivity index (χ1) is 9.77. The number of rotatable bonds is 3. The van der Waals surface area contributed by atoms with E-state index in [9.17, 15) is 13.2 Å². The van der Waals surface area contributed by atoms with Gasteiger partial charge in [0.15, 0.2) is 0 Å². The summed E-state index contributed by atoms with van der Waals surface area (Å²) >= 11 is 6.08. The van der Waals surface area contributed by atoms with Gasteiger partial charge in [-0.25, -0.2) is 0 Å². The topological polar surface area (TPSA) is 29.3 Å². The van der Waals surface area contributed by atoms with E-state index in [0.717, 1.165) is 17.7 Å². The van der Waals surface area contributed by atoms with Gasteiger partial charge in [0, 0.05) is 30.0 Å². The molecule has 0 aliphatic carbocycles. The predicted molar refractivity (Wildman–Crippen MR) is 79.4 cm³/mol. The lowest BCUT2D eigenvalue weighted by molar-refractivity contribution is -0.137. The van der Waals surface area contributed by atoms with Gasteiger partial charge in [-0.2, -0.15) is 13.2 Å². The second kappa shape index (κ2) is 5.85. The predicted octanol–water partition coefficient (Wildman–Crippen LogP) is 4.58. The average molecular weight is 315 g/mol. The van der Waals surface area contributed by atoms with E-state index in [2.05, 4.69) is 0 Å². The fourth-order valence-electron chi connectivity index (χ4n) is 1.97.